The van der Waals surface area contributed by atoms with E-state index in [-0.39, 0.29) is 16.1 Å². The Labute approximate surface area is 136 Å². The molecular formula is C17H19NO4S. The van der Waals surface area contributed by atoms with E-state index in [1.54, 1.807) is 42.5 Å². The number of sulfonamides is 1. The largest absolute Gasteiger partial charge is 0.462 e. The molecule has 0 aromatic heterocycles. The van der Waals surface area contributed by atoms with Crippen LogP contribution in [0, 0.1) is 0 Å². The van der Waals surface area contributed by atoms with Gasteiger partial charge in [-0.25, -0.2) is 13.2 Å². The third-order valence-electron chi connectivity index (χ3n) is 3.30. The molecule has 2 aromatic carbocycles. The number of ether oxygens (including phenoxy) is 1. The molecule has 0 aliphatic heterocycles. The molecule has 0 fully saturated rings. The summed E-state index contributed by atoms with van der Waals surface area (Å²) in [7, 11) is -2.32. The summed E-state index contributed by atoms with van der Waals surface area (Å²) < 4.78 is 31.6. The number of esters is 1. The molecule has 0 radical (unpaired) electrons. The van der Waals surface area contributed by atoms with Crippen LogP contribution in [0.4, 0.5) is 5.69 Å². The summed E-state index contributed by atoms with van der Waals surface area (Å²) in [5, 5.41) is 0. The van der Waals surface area contributed by atoms with Gasteiger partial charge < -0.3 is 4.74 Å². The summed E-state index contributed by atoms with van der Waals surface area (Å²) in [5.74, 6) is -0.530. The molecule has 23 heavy (non-hydrogen) atoms. The van der Waals surface area contributed by atoms with Crippen molar-refractivity contribution >= 4 is 21.7 Å². The molecule has 2 aromatic rings. The zero-order chi connectivity index (χ0) is 16.9. The number of nitrogens with zero attached hydrogens (tertiary/aromatic N) is 1. The lowest BCUT2D eigenvalue weighted by atomic mass is 10.2. The smallest absolute Gasteiger partial charge is 0.340 e. The van der Waals surface area contributed by atoms with Crippen molar-refractivity contribution in [2.75, 3.05) is 18.0 Å². The maximum Gasteiger partial charge on any atom is 0.340 e. The Morgan fingerprint density at radius 2 is 1.65 bits per heavy atom. The summed E-state index contributed by atoms with van der Waals surface area (Å²) in [5.41, 5.74) is 0.514. The molecule has 0 amide bonds. The van der Waals surface area contributed by atoms with Gasteiger partial charge in [-0.05, 0) is 30.7 Å². The van der Waals surface area contributed by atoms with Crippen molar-refractivity contribution in [1.82, 2.24) is 0 Å². The van der Waals surface area contributed by atoms with Crippen molar-refractivity contribution in [3.05, 3.63) is 60.2 Å². The first kappa shape index (κ1) is 17.0. The Kier molecular flexibility index (Phi) is 5.39. The lowest BCUT2D eigenvalue weighted by Gasteiger charge is -2.21. The fourth-order valence-corrected chi connectivity index (χ4v) is 3.31. The van der Waals surface area contributed by atoms with Gasteiger partial charge in [0.1, 0.15) is 0 Å². The van der Waals surface area contributed by atoms with E-state index in [1.807, 2.05) is 6.92 Å². The molecule has 0 aliphatic carbocycles. The summed E-state index contributed by atoms with van der Waals surface area (Å²) >= 11 is 0. The minimum atomic E-state index is -3.74. The van der Waals surface area contributed by atoms with Crippen LogP contribution in [0.1, 0.15) is 23.7 Å². The highest BCUT2D eigenvalue weighted by Crippen LogP contribution is 2.26. The molecule has 0 N–H and O–H groups in total. The highest BCUT2D eigenvalue weighted by Gasteiger charge is 2.25. The third-order valence-corrected chi connectivity index (χ3v) is 5.09. The Balaban J connectivity index is 2.40. The van der Waals surface area contributed by atoms with Gasteiger partial charge in [0.25, 0.3) is 10.0 Å². The van der Waals surface area contributed by atoms with E-state index in [0.29, 0.717) is 13.0 Å². The lowest BCUT2D eigenvalue weighted by molar-refractivity contribution is 0.0506. The number of benzene rings is 2. The maximum absolute atomic E-state index is 12.7. The van der Waals surface area contributed by atoms with Gasteiger partial charge in [-0.1, -0.05) is 37.3 Å². The Morgan fingerprint density at radius 1 is 1.04 bits per heavy atom. The van der Waals surface area contributed by atoms with Crippen molar-refractivity contribution in [1.29, 1.82) is 0 Å². The molecule has 0 unspecified atom stereocenters. The Morgan fingerprint density at radius 3 is 2.30 bits per heavy atom. The van der Waals surface area contributed by atoms with Crippen molar-refractivity contribution in [2.24, 2.45) is 0 Å². The molecule has 0 saturated carbocycles. The van der Waals surface area contributed by atoms with Crippen LogP contribution in [0.15, 0.2) is 59.5 Å². The topological polar surface area (TPSA) is 63.7 Å². The fraction of sp³-hybridized carbons (Fsp3) is 0.235. The van der Waals surface area contributed by atoms with Gasteiger partial charge in [0.05, 0.1) is 22.8 Å². The number of hydrogen-bond acceptors (Lipinski definition) is 4. The summed E-state index contributed by atoms with van der Waals surface area (Å²) in [6.45, 7) is 2.19. The molecule has 0 bridgehead atoms. The number of rotatable bonds is 6. The maximum atomic E-state index is 12.7. The summed E-state index contributed by atoms with van der Waals surface area (Å²) in [6.07, 6.45) is 0.700. The molecule has 6 heteroatoms. The Hall–Kier alpha value is -2.34. The number of para-hydroxylation sites is 1. The van der Waals surface area contributed by atoms with Gasteiger partial charge in [-0.15, -0.1) is 0 Å². The van der Waals surface area contributed by atoms with E-state index in [1.165, 1.54) is 19.2 Å². The van der Waals surface area contributed by atoms with Crippen LogP contribution in [0.3, 0.4) is 0 Å². The first-order valence-corrected chi connectivity index (χ1v) is 8.72. The number of carbonyl (C=O) groups excluding carboxylic acids is 1. The van der Waals surface area contributed by atoms with Gasteiger partial charge in [0, 0.05) is 7.05 Å². The van der Waals surface area contributed by atoms with Crippen LogP contribution in [0.5, 0.6) is 0 Å². The molecule has 2 rings (SSSR count). The van der Waals surface area contributed by atoms with Crippen LogP contribution in [0.2, 0.25) is 0 Å². The minimum absolute atomic E-state index is 0.166. The quantitative estimate of drug-likeness (QED) is 0.762. The molecule has 0 atom stereocenters. The second-order valence-electron chi connectivity index (χ2n) is 4.94. The van der Waals surface area contributed by atoms with Crippen molar-refractivity contribution in [3.63, 3.8) is 0 Å². The van der Waals surface area contributed by atoms with E-state index in [9.17, 15) is 13.2 Å². The first-order valence-electron chi connectivity index (χ1n) is 7.28. The van der Waals surface area contributed by atoms with Crippen molar-refractivity contribution < 1.29 is 17.9 Å². The van der Waals surface area contributed by atoms with Gasteiger partial charge >= 0.3 is 5.97 Å². The highest BCUT2D eigenvalue weighted by atomic mass is 32.2. The van der Waals surface area contributed by atoms with Gasteiger partial charge in [0.2, 0.25) is 0 Å². The molecule has 0 aliphatic rings. The predicted octanol–water partition coefficient (Wildman–Crippen LogP) is 3.08. The minimum Gasteiger partial charge on any atom is -0.462 e. The van der Waals surface area contributed by atoms with E-state index in [4.69, 9.17) is 4.74 Å². The van der Waals surface area contributed by atoms with Gasteiger partial charge in [0.15, 0.2) is 0 Å². The Bertz CT molecular complexity index is 772. The van der Waals surface area contributed by atoms with Crippen LogP contribution in [-0.4, -0.2) is 28.0 Å². The van der Waals surface area contributed by atoms with Crippen LogP contribution in [0.25, 0.3) is 0 Å². The molecule has 122 valence electrons. The monoisotopic (exact) mass is 333 g/mol. The SMILES string of the molecule is CCCOC(=O)c1ccccc1N(C)S(=O)(=O)c1ccccc1. The zero-order valence-electron chi connectivity index (χ0n) is 13.1. The summed E-state index contributed by atoms with van der Waals surface area (Å²) in [4.78, 5) is 12.3. The standard InChI is InChI=1S/C17H19NO4S/c1-3-13-22-17(19)15-11-7-8-12-16(15)18(2)23(20,21)14-9-5-4-6-10-14/h4-12H,3,13H2,1-2H3. The second kappa shape index (κ2) is 7.28. The van der Waals surface area contributed by atoms with E-state index in [0.717, 1.165) is 4.31 Å². The van der Waals surface area contributed by atoms with Gasteiger partial charge in [-0.2, -0.15) is 0 Å². The van der Waals surface area contributed by atoms with Gasteiger partial charge in [-0.3, -0.25) is 4.31 Å². The van der Waals surface area contributed by atoms with Crippen LogP contribution in [-0.2, 0) is 14.8 Å². The van der Waals surface area contributed by atoms with Crippen molar-refractivity contribution in [3.8, 4) is 0 Å². The molecule has 0 spiro atoms. The average Bonchev–Trinajstić information content (AvgIpc) is 2.59. The number of anilines is 1. The van der Waals surface area contributed by atoms with Crippen molar-refractivity contribution in [2.45, 2.75) is 18.2 Å². The van der Waals surface area contributed by atoms with E-state index >= 15 is 0 Å². The van der Waals surface area contributed by atoms with E-state index < -0.39 is 16.0 Å². The lowest BCUT2D eigenvalue weighted by Crippen LogP contribution is -2.28. The second-order valence-corrected chi connectivity index (χ2v) is 6.91. The fourth-order valence-electron chi connectivity index (χ4n) is 2.07. The van der Waals surface area contributed by atoms with Crippen LogP contribution < -0.4 is 4.31 Å². The number of hydrogen-bond donors (Lipinski definition) is 0. The van der Waals surface area contributed by atoms with E-state index in [2.05, 4.69) is 0 Å². The zero-order valence-corrected chi connectivity index (χ0v) is 13.9. The van der Waals surface area contributed by atoms with Crippen LogP contribution >= 0.6 is 0 Å². The third kappa shape index (κ3) is 3.71. The molecular weight excluding hydrogens is 314 g/mol. The normalized spacial score (nSPS) is 11.0. The predicted molar refractivity (Wildman–Crippen MR) is 89.0 cm³/mol. The summed E-state index contributed by atoms with van der Waals surface area (Å²) in [6, 6.07) is 14.6. The highest BCUT2D eigenvalue weighted by molar-refractivity contribution is 7.92. The average molecular weight is 333 g/mol. The first-order chi connectivity index (χ1) is 11.0. The number of carbonyl (C=O) groups is 1. The molecule has 0 heterocycles. The molecule has 0 saturated heterocycles. The molecule has 5 nitrogen and oxygen atoms in total.